The first kappa shape index (κ1) is 12.9. The molecule has 2 aliphatic rings. The Bertz CT molecular complexity index is 471. The third-order valence-corrected chi connectivity index (χ3v) is 4.64. The summed E-state index contributed by atoms with van der Waals surface area (Å²) in [7, 11) is 0. The van der Waals surface area contributed by atoms with E-state index in [2.05, 4.69) is 9.80 Å². The van der Waals surface area contributed by atoms with Crippen molar-refractivity contribution in [2.24, 2.45) is 0 Å². The van der Waals surface area contributed by atoms with E-state index in [-0.39, 0.29) is 0 Å². The Balaban J connectivity index is 1.77. The number of anilines is 1. The summed E-state index contributed by atoms with van der Waals surface area (Å²) >= 11 is 6.10. The summed E-state index contributed by atoms with van der Waals surface area (Å²) in [5.41, 5.74) is 1.62. The molecule has 19 heavy (non-hydrogen) atoms. The van der Waals surface area contributed by atoms with Gasteiger partial charge in [-0.15, -0.1) is 0 Å². The Kier molecular flexibility index (Phi) is 3.76. The van der Waals surface area contributed by atoms with Gasteiger partial charge in [0.15, 0.2) is 6.29 Å². The van der Waals surface area contributed by atoms with E-state index >= 15 is 0 Å². The number of halogens is 1. The van der Waals surface area contributed by atoms with Gasteiger partial charge in [0, 0.05) is 24.8 Å². The van der Waals surface area contributed by atoms with Crippen LogP contribution in [0.2, 0.25) is 5.02 Å². The lowest BCUT2D eigenvalue weighted by Crippen LogP contribution is -2.35. The van der Waals surface area contributed by atoms with Gasteiger partial charge in [0.2, 0.25) is 0 Å². The standard InChI is InChI=1S/C15H19ClN2O/c16-14-4-3-5-15(13(14)11-19)18-9-6-12(10-18)17-7-1-2-8-17/h3-5,11-12H,1-2,6-10H2. The molecule has 2 aliphatic heterocycles. The molecule has 4 heteroatoms. The fourth-order valence-electron chi connectivity index (χ4n) is 3.28. The van der Waals surface area contributed by atoms with Crippen molar-refractivity contribution < 1.29 is 4.79 Å². The van der Waals surface area contributed by atoms with Crippen LogP contribution in [0.5, 0.6) is 0 Å². The number of hydrogen-bond donors (Lipinski definition) is 0. The lowest BCUT2D eigenvalue weighted by molar-refractivity contribution is 0.112. The fraction of sp³-hybridized carbons (Fsp3) is 0.533. The largest absolute Gasteiger partial charge is 0.369 e. The first-order valence-corrected chi connectivity index (χ1v) is 7.40. The molecule has 1 aromatic rings. The number of carbonyl (C=O) groups is 1. The van der Waals surface area contributed by atoms with Crippen LogP contribution in [-0.4, -0.2) is 43.4 Å². The third kappa shape index (κ3) is 2.49. The normalized spacial score (nSPS) is 24.1. The molecule has 1 atom stereocenters. The van der Waals surface area contributed by atoms with Crippen molar-refractivity contribution >= 4 is 23.6 Å². The molecule has 0 amide bonds. The Morgan fingerprint density at radius 1 is 1.21 bits per heavy atom. The van der Waals surface area contributed by atoms with Crippen molar-refractivity contribution in [3.05, 3.63) is 28.8 Å². The summed E-state index contributed by atoms with van der Waals surface area (Å²) in [5, 5.41) is 0.553. The zero-order valence-corrected chi connectivity index (χ0v) is 11.8. The second-order valence-electron chi connectivity index (χ2n) is 5.42. The van der Waals surface area contributed by atoms with Gasteiger partial charge in [-0.25, -0.2) is 0 Å². The highest BCUT2D eigenvalue weighted by Gasteiger charge is 2.30. The van der Waals surface area contributed by atoms with Crippen LogP contribution < -0.4 is 4.90 Å². The van der Waals surface area contributed by atoms with E-state index in [9.17, 15) is 4.79 Å². The second-order valence-corrected chi connectivity index (χ2v) is 5.83. The van der Waals surface area contributed by atoms with Crippen molar-refractivity contribution in [1.29, 1.82) is 0 Å². The van der Waals surface area contributed by atoms with E-state index in [1.165, 1.54) is 32.4 Å². The van der Waals surface area contributed by atoms with Crippen molar-refractivity contribution in [2.75, 3.05) is 31.1 Å². The molecule has 1 unspecified atom stereocenters. The average Bonchev–Trinajstić information content (AvgIpc) is 3.09. The molecule has 0 saturated carbocycles. The number of nitrogens with zero attached hydrogens (tertiary/aromatic N) is 2. The van der Waals surface area contributed by atoms with Gasteiger partial charge in [0.05, 0.1) is 10.6 Å². The number of carbonyl (C=O) groups excluding carboxylic acids is 1. The zero-order valence-electron chi connectivity index (χ0n) is 11.0. The Morgan fingerprint density at radius 2 is 2.00 bits per heavy atom. The van der Waals surface area contributed by atoms with Crippen LogP contribution >= 0.6 is 11.6 Å². The number of benzene rings is 1. The highest BCUT2D eigenvalue weighted by Crippen LogP contribution is 2.30. The average molecular weight is 279 g/mol. The monoisotopic (exact) mass is 278 g/mol. The molecule has 0 spiro atoms. The molecule has 3 nitrogen and oxygen atoms in total. The maximum Gasteiger partial charge on any atom is 0.153 e. The zero-order chi connectivity index (χ0) is 13.2. The summed E-state index contributed by atoms with van der Waals surface area (Å²) in [4.78, 5) is 16.1. The molecule has 102 valence electrons. The van der Waals surface area contributed by atoms with Gasteiger partial charge < -0.3 is 4.90 Å². The predicted octanol–water partition coefficient (Wildman–Crippen LogP) is 2.83. The van der Waals surface area contributed by atoms with E-state index in [1.807, 2.05) is 12.1 Å². The predicted molar refractivity (Wildman–Crippen MR) is 78.3 cm³/mol. The summed E-state index contributed by atoms with van der Waals surface area (Å²) < 4.78 is 0. The van der Waals surface area contributed by atoms with Crippen LogP contribution in [0.3, 0.4) is 0 Å². The van der Waals surface area contributed by atoms with Gasteiger partial charge in [-0.2, -0.15) is 0 Å². The van der Waals surface area contributed by atoms with Crippen molar-refractivity contribution in [2.45, 2.75) is 25.3 Å². The van der Waals surface area contributed by atoms with Crippen molar-refractivity contribution in [3.8, 4) is 0 Å². The molecule has 2 fully saturated rings. The Hall–Kier alpha value is -1.06. The molecular formula is C15H19ClN2O. The Morgan fingerprint density at radius 3 is 2.74 bits per heavy atom. The molecule has 0 aliphatic carbocycles. The van der Waals surface area contributed by atoms with E-state index in [1.54, 1.807) is 6.07 Å². The van der Waals surface area contributed by atoms with Gasteiger partial charge in [0.1, 0.15) is 0 Å². The molecule has 3 rings (SSSR count). The molecule has 0 aromatic heterocycles. The summed E-state index contributed by atoms with van der Waals surface area (Å²) in [6, 6.07) is 6.35. The molecule has 0 bridgehead atoms. The highest BCUT2D eigenvalue weighted by atomic mass is 35.5. The highest BCUT2D eigenvalue weighted by molar-refractivity contribution is 6.33. The molecule has 1 aromatic carbocycles. The van der Waals surface area contributed by atoms with Crippen LogP contribution in [-0.2, 0) is 0 Å². The molecule has 2 saturated heterocycles. The topological polar surface area (TPSA) is 23.6 Å². The van der Waals surface area contributed by atoms with Crippen LogP contribution in [0.1, 0.15) is 29.6 Å². The summed E-state index contributed by atoms with van der Waals surface area (Å²) in [5.74, 6) is 0. The summed E-state index contributed by atoms with van der Waals surface area (Å²) in [6.07, 6.45) is 4.71. The van der Waals surface area contributed by atoms with Crippen molar-refractivity contribution in [1.82, 2.24) is 4.90 Å². The molecule has 0 radical (unpaired) electrons. The number of rotatable bonds is 3. The SMILES string of the molecule is O=Cc1c(Cl)cccc1N1CCC(N2CCCC2)C1. The minimum atomic E-state index is 0.553. The first-order valence-electron chi connectivity index (χ1n) is 7.02. The molecule has 0 N–H and O–H groups in total. The fourth-order valence-corrected chi connectivity index (χ4v) is 3.50. The number of aldehydes is 1. The van der Waals surface area contributed by atoms with E-state index in [0.717, 1.165) is 25.1 Å². The number of likely N-dealkylation sites (tertiary alicyclic amines) is 1. The van der Waals surface area contributed by atoms with Gasteiger partial charge >= 0.3 is 0 Å². The van der Waals surface area contributed by atoms with Crippen molar-refractivity contribution in [3.63, 3.8) is 0 Å². The smallest absolute Gasteiger partial charge is 0.153 e. The van der Waals surface area contributed by atoms with Crippen LogP contribution in [0, 0.1) is 0 Å². The van der Waals surface area contributed by atoms with Gasteiger partial charge in [-0.05, 0) is 44.5 Å². The maximum atomic E-state index is 11.2. The van der Waals surface area contributed by atoms with E-state index < -0.39 is 0 Å². The van der Waals surface area contributed by atoms with Gasteiger partial charge in [-0.1, -0.05) is 17.7 Å². The van der Waals surface area contributed by atoms with Gasteiger partial charge in [0.25, 0.3) is 0 Å². The Labute approximate surface area is 119 Å². The van der Waals surface area contributed by atoms with Crippen LogP contribution in [0.4, 0.5) is 5.69 Å². The molecular weight excluding hydrogens is 260 g/mol. The molecule has 2 heterocycles. The lowest BCUT2D eigenvalue weighted by Gasteiger charge is -2.25. The van der Waals surface area contributed by atoms with E-state index in [0.29, 0.717) is 16.6 Å². The minimum absolute atomic E-state index is 0.553. The summed E-state index contributed by atoms with van der Waals surface area (Å²) in [6.45, 7) is 4.49. The van der Waals surface area contributed by atoms with Crippen LogP contribution in [0.25, 0.3) is 0 Å². The second kappa shape index (κ2) is 5.51. The maximum absolute atomic E-state index is 11.2. The van der Waals surface area contributed by atoms with Gasteiger partial charge in [-0.3, -0.25) is 9.69 Å². The quantitative estimate of drug-likeness (QED) is 0.795. The van der Waals surface area contributed by atoms with E-state index in [4.69, 9.17) is 11.6 Å². The number of hydrogen-bond acceptors (Lipinski definition) is 3. The van der Waals surface area contributed by atoms with Crippen LogP contribution in [0.15, 0.2) is 18.2 Å². The lowest BCUT2D eigenvalue weighted by atomic mass is 10.2. The first-order chi connectivity index (χ1) is 9.29. The third-order valence-electron chi connectivity index (χ3n) is 4.31. The minimum Gasteiger partial charge on any atom is -0.369 e.